The highest BCUT2D eigenvalue weighted by atomic mass is 16.2. The Hall–Kier alpha value is -2.17. The van der Waals surface area contributed by atoms with Crippen LogP contribution in [0.15, 0.2) is 30.6 Å². The monoisotopic (exact) mass is 326 g/mol. The molecule has 1 amide bonds. The van der Waals surface area contributed by atoms with Gasteiger partial charge < -0.3 is 5.32 Å². The van der Waals surface area contributed by atoms with Gasteiger partial charge in [-0.25, -0.2) is 4.98 Å². The Morgan fingerprint density at radius 3 is 2.67 bits per heavy atom. The van der Waals surface area contributed by atoms with Crippen LogP contribution in [0.5, 0.6) is 0 Å². The van der Waals surface area contributed by atoms with Crippen LogP contribution in [0, 0.1) is 6.92 Å². The lowest BCUT2D eigenvalue weighted by atomic mass is 9.67. The van der Waals surface area contributed by atoms with E-state index in [1.54, 1.807) is 11.0 Å². The number of carbonyl (C=O) groups excluding carboxylic acids is 1. The van der Waals surface area contributed by atoms with Crippen LogP contribution in [0.25, 0.3) is 0 Å². The molecule has 0 aliphatic heterocycles. The first kappa shape index (κ1) is 16.7. The summed E-state index contributed by atoms with van der Waals surface area (Å²) in [5.41, 5.74) is 2.03. The molecule has 0 bridgehead atoms. The molecule has 24 heavy (non-hydrogen) atoms. The lowest BCUT2D eigenvalue weighted by Gasteiger charge is -2.37. The van der Waals surface area contributed by atoms with Crippen LogP contribution in [0.2, 0.25) is 0 Å². The second-order valence-electron chi connectivity index (χ2n) is 6.76. The zero-order valence-electron chi connectivity index (χ0n) is 14.6. The summed E-state index contributed by atoms with van der Waals surface area (Å²) in [4.78, 5) is 17.3. The molecule has 2 aromatic rings. The molecule has 1 aromatic heterocycles. The first-order valence-electron chi connectivity index (χ1n) is 8.81. The fraction of sp³-hybridized carbons (Fsp3) is 0.526. The minimum Gasteiger partial charge on any atom is -0.355 e. The van der Waals surface area contributed by atoms with E-state index in [9.17, 15) is 4.79 Å². The summed E-state index contributed by atoms with van der Waals surface area (Å²) in [6.07, 6.45) is 7.58. The Labute approximate surface area is 143 Å². The van der Waals surface area contributed by atoms with Gasteiger partial charge in [-0.1, -0.05) is 43.5 Å². The summed E-state index contributed by atoms with van der Waals surface area (Å²) in [5.74, 6) is 1.06. The van der Waals surface area contributed by atoms with Gasteiger partial charge in [-0.2, -0.15) is 5.10 Å². The van der Waals surface area contributed by atoms with Crippen molar-refractivity contribution in [2.75, 3.05) is 6.54 Å². The number of hydrogen-bond acceptors (Lipinski definition) is 3. The van der Waals surface area contributed by atoms with Crippen molar-refractivity contribution in [1.29, 1.82) is 0 Å². The topological polar surface area (TPSA) is 59.8 Å². The summed E-state index contributed by atoms with van der Waals surface area (Å²) >= 11 is 0. The van der Waals surface area contributed by atoms with Crippen molar-refractivity contribution in [2.45, 2.75) is 50.9 Å². The zero-order valence-corrected chi connectivity index (χ0v) is 14.6. The summed E-state index contributed by atoms with van der Waals surface area (Å²) in [5, 5.41) is 7.23. The minimum absolute atomic E-state index is 0.165. The van der Waals surface area contributed by atoms with Crippen molar-refractivity contribution in [2.24, 2.45) is 7.05 Å². The highest BCUT2D eigenvalue weighted by Gasteiger charge is 2.41. The molecule has 1 heterocycles. The van der Waals surface area contributed by atoms with Gasteiger partial charge in [-0.05, 0) is 30.9 Å². The maximum absolute atomic E-state index is 13.1. The van der Waals surface area contributed by atoms with E-state index in [0.717, 1.165) is 31.5 Å². The van der Waals surface area contributed by atoms with Crippen LogP contribution < -0.4 is 5.32 Å². The van der Waals surface area contributed by atoms with E-state index in [1.165, 1.54) is 17.5 Å². The smallest absolute Gasteiger partial charge is 0.230 e. The van der Waals surface area contributed by atoms with E-state index < -0.39 is 0 Å². The SMILES string of the molecule is Cc1ccccc1C1(C(=O)NCCc2ncnn2C)CCCCC1. The Bertz CT molecular complexity index is 701. The third-order valence-electron chi connectivity index (χ3n) is 5.24. The molecule has 0 saturated heterocycles. The number of benzene rings is 1. The van der Waals surface area contributed by atoms with E-state index >= 15 is 0 Å². The molecule has 5 nitrogen and oxygen atoms in total. The number of nitrogens with zero attached hydrogens (tertiary/aromatic N) is 3. The molecular weight excluding hydrogens is 300 g/mol. The second-order valence-corrected chi connectivity index (χ2v) is 6.76. The Morgan fingerprint density at radius 2 is 2.00 bits per heavy atom. The lowest BCUT2D eigenvalue weighted by molar-refractivity contribution is -0.128. The molecule has 0 unspecified atom stereocenters. The van der Waals surface area contributed by atoms with Gasteiger partial charge in [0.2, 0.25) is 5.91 Å². The molecule has 128 valence electrons. The number of hydrogen-bond donors (Lipinski definition) is 1. The zero-order chi connectivity index (χ0) is 17.0. The molecular formula is C19H26N4O. The number of amides is 1. The van der Waals surface area contributed by atoms with E-state index in [-0.39, 0.29) is 11.3 Å². The Kier molecular flexibility index (Phi) is 4.97. The number of carbonyl (C=O) groups is 1. The predicted molar refractivity (Wildman–Crippen MR) is 93.7 cm³/mol. The molecule has 0 radical (unpaired) electrons. The maximum atomic E-state index is 13.1. The average Bonchev–Trinajstić information content (AvgIpc) is 3.01. The minimum atomic E-state index is -0.372. The van der Waals surface area contributed by atoms with Gasteiger partial charge in [0.05, 0.1) is 5.41 Å². The third-order valence-corrected chi connectivity index (χ3v) is 5.24. The normalized spacial score (nSPS) is 16.8. The van der Waals surface area contributed by atoms with Gasteiger partial charge in [0.15, 0.2) is 0 Å². The summed E-state index contributed by atoms with van der Waals surface area (Å²) in [6.45, 7) is 2.71. The largest absolute Gasteiger partial charge is 0.355 e. The van der Waals surface area contributed by atoms with Gasteiger partial charge in [0.25, 0.3) is 0 Å². The highest BCUT2D eigenvalue weighted by Crippen LogP contribution is 2.41. The number of nitrogens with one attached hydrogen (secondary N) is 1. The van der Waals surface area contributed by atoms with Crippen molar-refractivity contribution in [3.05, 3.63) is 47.5 Å². The number of aryl methyl sites for hydroxylation is 2. The van der Waals surface area contributed by atoms with E-state index in [0.29, 0.717) is 13.0 Å². The first-order valence-corrected chi connectivity index (χ1v) is 8.81. The van der Waals surface area contributed by atoms with Crippen LogP contribution in [0.3, 0.4) is 0 Å². The van der Waals surface area contributed by atoms with Crippen molar-refractivity contribution in [1.82, 2.24) is 20.1 Å². The van der Waals surface area contributed by atoms with Gasteiger partial charge >= 0.3 is 0 Å². The van der Waals surface area contributed by atoms with Gasteiger partial charge in [-0.3, -0.25) is 9.48 Å². The van der Waals surface area contributed by atoms with Gasteiger partial charge in [0, 0.05) is 20.0 Å². The molecule has 1 aliphatic carbocycles. The molecule has 0 atom stereocenters. The molecule has 1 saturated carbocycles. The number of aromatic nitrogens is 3. The molecule has 1 aromatic carbocycles. The molecule has 0 spiro atoms. The van der Waals surface area contributed by atoms with Crippen LogP contribution in [0.1, 0.15) is 49.1 Å². The van der Waals surface area contributed by atoms with Crippen LogP contribution in [-0.4, -0.2) is 27.2 Å². The highest BCUT2D eigenvalue weighted by molar-refractivity contribution is 5.88. The van der Waals surface area contributed by atoms with E-state index in [4.69, 9.17) is 0 Å². The average molecular weight is 326 g/mol. The quantitative estimate of drug-likeness (QED) is 0.919. The fourth-order valence-electron chi connectivity index (χ4n) is 3.89. The predicted octanol–water partition coefficient (Wildman–Crippen LogP) is 2.68. The second kappa shape index (κ2) is 7.16. The molecule has 3 rings (SSSR count). The Balaban J connectivity index is 1.75. The van der Waals surface area contributed by atoms with Crippen molar-refractivity contribution < 1.29 is 4.79 Å². The molecule has 5 heteroatoms. The summed E-state index contributed by atoms with van der Waals surface area (Å²) < 4.78 is 1.75. The van der Waals surface area contributed by atoms with E-state index in [1.807, 2.05) is 19.2 Å². The van der Waals surface area contributed by atoms with Gasteiger partial charge in [-0.15, -0.1) is 0 Å². The lowest BCUT2D eigenvalue weighted by Crippen LogP contribution is -2.46. The molecule has 1 aliphatic rings. The van der Waals surface area contributed by atoms with Crippen LogP contribution in [0.4, 0.5) is 0 Å². The fourth-order valence-corrected chi connectivity index (χ4v) is 3.89. The van der Waals surface area contributed by atoms with Crippen LogP contribution >= 0.6 is 0 Å². The molecule has 1 fully saturated rings. The van der Waals surface area contributed by atoms with E-state index in [2.05, 4.69) is 34.5 Å². The standard InChI is InChI=1S/C19H26N4O/c1-15-8-4-5-9-16(15)19(11-6-3-7-12-19)18(24)20-13-10-17-21-14-22-23(17)2/h4-5,8-9,14H,3,6-7,10-13H2,1-2H3,(H,20,24). The van der Waals surface area contributed by atoms with Crippen molar-refractivity contribution in [3.63, 3.8) is 0 Å². The summed E-state index contributed by atoms with van der Waals surface area (Å²) in [7, 11) is 1.88. The van der Waals surface area contributed by atoms with Crippen molar-refractivity contribution >= 4 is 5.91 Å². The number of rotatable bonds is 5. The van der Waals surface area contributed by atoms with Crippen molar-refractivity contribution in [3.8, 4) is 0 Å². The maximum Gasteiger partial charge on any atom is 0.230 e. The Morgan fingerprint density at radius 1 is 1.25 bits per heavy atom. The molecule has 1 N–H and O–H groups in total. The first-order chi connectivity index (χ1) is 11.6. The third kappa shape index (κ3) is 3.21. The van der Waals surface area contributed by atoms with Gasteiger partial charge in [0.1, 0.15) is 12.2 Å². The summed E-state index contributed by atoms with van der Waals surface area (Å²) in [6, 6.07) is 8.33. The van der Waals surface area contributed by atoms with Crippen LogP contribution in [-0.2, 0) is 23.7 Å².